The molecular weight excluding hydrogens is 342 g/mol. The van der Waals surface area contributed by atoms with Crippen molar-refractivity contribution >= 4 is 11.9 Å². The zero-order valence-corrected chi connectivity index (χ0v) is 16.9. The van der Waals surface area contributed by atoms with Gasteiger partial charge in [0.1, 0.15) is 0 Å². The van der Waals surface area contributed by atoms with E-state index >= 15 is 0 Å². The van der Waals surface area contributed by atoms with Gasteiger partial charge in [0.15, 0.2) is 0 Å². The zero-order valence-electron chi connectivity index (χ0n) is 16.9. The highest BCUT2D eigenvalue weighted by atomic mass is 16.2. The highest BCUT2D eigenvalue weighted by Crippen LogP contribution is 2.27. The lowest BCUT2D eigenvalue weighted by Crippen LogP contribution is -2.51. The van der Waals surface area contributed by atoms with Crippen molar-refractivity contribution in [3.05, 3.63) is 18.0 Å². The number of aromatic nitrogens is 2. The highest BCUT2D eigenvalue weighted by molar-refractivity contribution is 5.77. The standard InChI is InChI=1S/C20H33N5O2/c1-15(2)14-19(26)24-12-7-17(8-13-24)22-20(27)25-10-5-16(6-11-25)18-4-9-21-23(18)3/h4,9,15-17H,5-8,10-14H2,1-3H3,(H,22,27). The predicted molar refractivity (Wildman–Crippen MR) is 104 cm³/mol. The molecular formula is C20H33N5O2. The van der Waals surface area contributed by atoms with E-state index in [2.05, 4.69) is 30.3 Å². The van der Waals surface area contributed by atoms with Gasteiger partial charge >= 0.3 is 6.03 Å². The van der Waals surface area contributed by atoms with Gasteiger partial charge in [0.2, 0.25) is 5.91 Å². The van der Waals surface area contributed by atoms with Crippen molar-refractivity contribution in [2.24, 2.45) is 13.0 Å². The molecule has 1 aromatic rings. The third kappa shape index (κ3) is 5.02. The third-order valence-electron chi connectivity index (χ3n) is 5.82. The highest BCUT2D eigenvalue weighted by Gasteiger charge is 2.28. The van der Waals surface area contributed by atoms with Gasteiger partial charge in [-0.1, -0.05) is 13.8 Å². The van der Waals surface area contributed by atoms with Crippen LogP contribution in [0.15, 0.2) is 12.3 Å². The van der Waals surface area contributed by atoms with Crippen LogP contribution in [0.5, 0.6) is 0 Å². The number of urea groups is 1. The maximum Gasteiger partial charge on any atom is 0.317 e. The zero-order chi connectivity index (χ0) is 19.4. The summed E-state index contributed by atoms with van der Waals surface area (Å²) in [6, 6.07) is 2.30. The van der Waals surface area contributed by atoms with Crippen LogP contribution in [-0.2, 0) is 11.8 Å². The van der Waals surface area contributed by atoms with Gasteiger partial charge in [-0.15, -0.1) is 0 Å². The van der Waals surface area contributed by atoms with E-state index in [4.69, 9.17) is 0 Å². The van der Waals surface area contributed by atoms with E-state index in [-0.39, 0.29) is 18.0 Å². The first-order valence-corrected chi connectivity index (χ1v) is 10.2. The summed E-state index contributed by atoms with van der Waals surface area (Å²) >= 11 is 0. The Labute approximate surface area is 162 Å². The molecule has 0 aromatic carbocycles. The van der Waals surface area contributed by atoms with Gasteiger partial charge in [-0.05, 0) is 37.7 Å². The number of amides is 3. The molecule has 7 heteroatoms. The molecule has 0 atom stereocenters. The van der Waals surface area contributed by atoms with E-state index in [9.17, 15) is 9.59 Å². The van der Waals surface area contributed by atoms with Crippen LogP contribution in [0.4, 0.5) is 4.79 Å². The maximum atomic E-state index is 12.6. The number of rotatable bonds is 4. The van der Waals surface area contributed by atoms with Crippen LogP contribution in [-0.4, -0.2) is 63.7 Å². The number of likely N-dealkylation sites (tertiary alicyclic amines) is 2. The van der Waals surface area contributed by atoms with Crippen molar-refractivity contribution in [1.29, 1.82) is 0 Å². The lowest BCUT2D eigenvalue weighted by atomic mass is 9.93. The summed E-state index contributed by atoms with van der Waals surface area (Å²) in [5, 5.41) is 7.43. The molecule has 3 rings (SSSR count). The molecule has 2 aliphatic rings. The largest absolute Gasteiger partial charge is 0.343 e. The van der Waals surface area contributed by atoms with Crippen LogP contribution < -0.4 is 5.32 Å². The Morgan fingerprint density at radius 1 is 1.11 bits per heavy atom. The monoisotopic (exact) mass is 375 g/mol. The van der Waals surface area contributed by atoms with E-state index in [1.54, 1.807) is 0 Å². The first kappa shape index (κ1) is 19.7. The summed E-state index contributed by atoms with van der Waals surface area (Å²) in [7, 11) is 1.98. The lowest BCUT2D eigenvalue weighted by Gasteiger charge is -2.36. The Morgan fingerprint density at radius 3 is 2.30 bits per heavy atom. The van der Waals surface area contributed by atoms with Gasteiger partial charge in [-0.2, -0.15) is 5.10 Å². The minimum Gasteiger partial charge on any atom is -0.343 e. The van der Waals surface area contributed by atoms with Gasteiger partial charge in [-0.25, -0.2) is 4.79 Å². The number of carbonyl (C=O) groups is 2. The fourth-order valence-corrected chi connectivity index (χ4v) is 4.18. The molecule has 0 saturated carbocycles. The third-order valence-corrected chi connectivity index (χ3v) is 5.82. The van der Waals surface area contributed by atoms with E-state index in [0.717, 1.165) is 51.9 Å². The number of aryl methyl sites for hydroxylation is 1. The molecule has 2 saturated heterocycles. The quantitative estimate of drug-likeness (QED) is 0.878. The predicted octanol–water partition coefficient (Wildman–Crippen LogP) is 2.35. The summed E-state index contributed by atoms with van der Waals surface area (Å²) in [6.07, 6.45) is 6.11. The van der Waals surface area contributed by atoms with Crippen LogP contribution in [0.2, 0.25) is 0 Å². The number of nitrogens with zero attached hydrogens (tertiary/aromatic N) is 4. The van der Waals surface area contributed by atoms with E-state index in [1.165, 1.54) is 5.69 Å². The second-order valence-electron chi connectivity index (χ2n) is 8.34. The summed E-state index contributed by atoms with van der Waals surface area (Å²) in [4.78, 5) is 28.6. The van der Waals surface area contributed by atoms with Crippen molar-refractivity contribution in [3.8, 4) is 0 Å². The van der Waals surface area contributed by atoms with Crippen LogP contribution in [0.1, 0.15) is 57.6 Å². The minimum atomic E-state index is 0.0467. The molecule has 2 fully saturated rings. The average Bonchev–Trinajstić information content (AvgIpc) is 3.08. The van der Waals surface area contributed by atoms with E-state index < -0.39 is 0 Å². The van der Waals surface area contributed by atoms with Crippen molar-refractivity contribution in [2.45, 2.75) is 57.9 Å². The number of hydrogen-bond donors (Lipinski definition) is 1. The molecule has 0 radical (unpaired) electrons. The molecule has 0 spiro atoms. The molecule has 150 valence electrons. The van der Waals surface area contributed by atoms with Gasteiger partial charge in [0.05, 0.1) is 0 Å². The summed E-state index contributed by atoms with van der Waals surface area (Å²) < 4.78 is 1.94. The van der Waals surface area contributed by atoms with Crippen LogP contribution in [0.25, 0.3) is 0 Å². The molecule has 2 aliphatic heterocycles. The van der Waals surface area contributed by atoms with Gasteiger partial charge in [0, 0.05) is 63.5 Å². The molecule has 0 aliphatic carbocycles. The maximum absolute atomic E-state index is 12.6. The number of hydrogen-bond acceptors (Lipinski definition) is 3. The van der Waals surface area contributed by atoms with Gasteiger partial charge in [-0.3, -0.25) is 9.48 Å². The molecule has 1 N–H and O–H groups in total. The van der Waals surface area contributed by atoms with E-state index in [1.807, 2.05) is 27.7 Å². The van der Waals surface area contributed by atoms with Gasteiger partial charge < -0.3 is 15.1 Å². The van der Waals surface area contributed by atoms with Crippen LogP contribution in [0.3, 0.4) is 0 Å². The van der Waals surface area contributed by atoms with Gasteiger partial charge in [0.25, 0.3) is 0 Å². The fraction of sp³-hybridized carbons (Fsp3) is 0.750. The molecule has 27 heavy (non-hydrogen) atoms. The topological polar surface area (TPSA) is 70.5 Å². The molecule has 3 heterocycles. The van der Waals surface area contributed by atoms with Crippen molar-refractivity contribution in [3.63, 3.8) is 0 Å². The van der Waals surface area contributed by atoms with Crippen molar-refractivity contribution in [1.82, 2.24) is 24.9 Å². The lowest BCUT2D eigenvalue weighted by molar-refractivity contribution is -0.133. The Balaban J connectivity index is 1.40. The van der Waals surface area contributed by atoms with Crippen LogP contribution >= 0.6 is 0 Å². The number of piperidine rings is 2. The Hall–Kier alpha value is -2.05. The molecule has 0 unspecified atom stereocenters. The Morgan fingerprint density at radius 2 is 1.74 bits per heavy atom. The average molecular weight is 376 g/mol. The SMILES string of the molecule is CC(C)CC(=O)N1CCC(NC(=O)N2CCC(c3ccnn3C)CC2)CC1. The number of carbonyl (C=O) groups excluding carboxylic acids is 2. The molecule has 0 bridgehead atoms. The normalized spacial score (nSPS) is 19.6. The Kier molecular flexibility index (Phi) is 6.39. The smallest absolute Gasteiger partial charge is 0.317 e. The van der Waals surface area contributed by atoms with Crippen molar-refractivity contribution in [2.75, 3.05) is 26.2 Å². The molecule has 7 nitrogen and oxygen atoms in total. The first-order valence-electron chi connectivity index (χ1n) is 10.2. The second kappa shape index (κ2) is 8.76. The van der Waals surface area contributed by atoms with Crippen molar-refractivity contribution < 1.29 is 9.59 Å². The molecule has 1 aromatic heterocycles. The fourth-order valence-electron chi connectivity index (χ4n) is 4.18. The molecule has 3 amide bonds. The number of nitrogens with one attached hydrogen (secondary N) is 1. The first-order chi connectivity index (χ1) is 12.9. The summed E-state index contributed by atoms with van der Waals surface area (Å²) in [5.74, 6) is 1.12. The minimum absolute atomic E-state index is 0.0467. The Bertz CT molecular complexity index is 641. The summed E-state index contributed by atoms with van der Waals surface area (Å²) in [6.45, 7) is 7.21. The van der Waals surface area contributed by atoms with Crippen LogP contribution in [0, 0.1) is 5.92 Å². The second-order valence-corrected chi connectivity index (χ2v) is 8.34. The van der Waals surface area contributed by atoms with E-state index in [0.29, 0.717) is 18.3 Å². The summed E-state index contributed by atoms with van der Waals surface area (Å²) in [5.41, 5.74) is 1.26.